The summed E-state index contributed by atoms with van der Waals surface area (Å²) in [5.74, 6) is 0.544. The number of halogens is 2. The van der Waals surface area contributed by atoms with E-state index < -0.39 is 6.09 Å². The van der Waals surface area contributed by atoms with Gasteiger partial charge in [0.25, 0.3) is 0 Å². The lowest BCUT2D eigenvalue weighted by atomic mass is 10.1. The van der Waals surface area contributed by atoms with E-state index in [2.05, 4.69) is 27.3 Å². The van der Waals surface area contributed by atoms with Crippen molar-refractivity contribution in [2.75, 3.05) is 12.2 Å². The van der Waals surface area contributed by atoms with Gasteiger partial charge in [-0.05, 0) is 58.8 Å². The van der Waals surface area contributed by atoms with E-state index in [0.717, 1.165) is 15.6 Å². The maximum atomic E-state index is 11.6. The van der Waals surface area contributed by atoms with Crippen LogP contribution in [0.25, 0.3) is 0 Å². The summed E-state index contributed by atoms with van der Waals surface area (Å²) in [6.45, 7) is 2.20. The van der Waals surface area contributed by atoms with Gasteiger partial charge in [0, 0.05) is 9.13 Å². The van der Waals surface area contributed by atoms with Crippen LogP contribution in [-0.2, 0) is 17.8 Å². The predicted molar refractivity (Wildman–Crippen MR) is 101 cm³/mol. The summed E-state index contributed by atoms with van der Waals surface area (Å²) in [5, 5.41) is 11.0. The molecular weight excluding hydrogens is 445 g/mol. The summed E-state index contributed by atoms with van der Waals surface area (Å²) >= 11 is 8.34. The normalized spacial score (nSPS) is 10.4. The zero-order valence-corrected chi connectivity index (χ0v) is 16.2. The molecule has 1 amide bonds. The molecule has 24 heavy (non-hydrogen) atoms. The first-order valence-corrected chi connectivity index (χ1v) is 8.69. The number of methoxy groups -OCH3 is 1. The summed E-state index contributed by atoms with van der Waals surface area (Å²) in [6, 6.07) is 10.8. The third-order valence-corrected chi connectivity index (χ3v) is 4.75. The van der Waals surface area contributed by atoms with Gasteiger partial charge in [-0.3, -0.25) is 5.21 Å². The van der Waals surface area contributed by atoms with Crippen molar-refractivity contribution in [2.45, 2.75) is 20.0 Å². The van der Waals surface area contributed by atoms with Crippen molar-refractivity contribution >= 4 is 46.0 Å². The van der Waals surface area contributed by atoms with Gasteiger partial charge in [0.05, 0.1) is 17.8 Å². The fourth-order valence-corrected chi connectivity index (χ4v) is 3.00. The number of ether oxygens (including phenoxy) is 2. The Labute approximate surface area is 159 Å². The molecule has 2 aromatic rings. The van der Waals surface area contributed by atoms with Crippen LogP contribution in [0.4, 0.5) is 10.5 Å². The number of hydroxylamine groups is 1. The smallest absolute Gasteiger partial charge is 0.438 e. The third kappa shape index (κ3) is 4.31. The Morgan fingerprint density at radius 1 is 1.33 bits per heavy atom. The van der Waals surface area contributed by atoms with E-state index in [9.17, 15) is 10.0 Å². The van der Waals surface area contributed by atoms with Crippen molar-refractivity contribution in [3.63, 3.8) is 0 Å². The topological polar surface area (TPSA) is 59.0 Å². The van der Waals surface area contributed by atoms with Crippen molar-refractivity contribution in [1.29, 1.82) is 0 Å². The number of nitrogens with zero attached hydrogens (tertiary/aromatic N) is 1. The molecule has 0 saturated heterocycles. The molecule has 2 rings (SSSR count). The van der Waals surface area contributed by atoms with Crippen LogP contribution in [-0.4, -0.2) is 18.4 Å². The first-order chi connectivity index (χ1) is 11.5. The maximum absolute atomic E-state index is 11.6. The highest BCUT2D eigenvalue weighted by Crippen LogP contribution is 2.30. The minimum atomic E-state index is -0.872. The standard InChI is InChI=1S/C17H17ClINO4/c1-3-11-7-8-16(13(18)9-11)24-10-12-14(19)5-4-6-15(12)20(22)17(21)23-2/h4-9,22H,3,10H2,1-2H3. The van der Waals surface area contributed by atoms with Crippen LogP contribution in [0.5, 0.6) is 5.75 Å². The van der Waals surface area contributed by atoms with E-state index in [4.69, 9.17) is 16.3 Å². The van der Waals surface area contributed by atoms with Crippen LogP contribution in [0.15, 0.2) is 36.4 Å². The average Bonchev–Trinajstić information content (AvgIpc) is 2.59. The Kier molecular flexibility index (Phi) is 6.70. The molecule has 0 bridgehead atoms. The first-order valence-electron chi connectivity index (χ1n) is 7.23. The summed E-state index contributed by atoms with van der Waals surface area (Å²) in [4.78, 5) is 11.6. The van der Waals surface area contributed by atoms with Gasteiger partial charge in [-0.2, -0.15) is 5.06 Å². The molecule has 0 spiro atoms. The van der Waals surface area contributed by atoms with Crippen molar-refractivity contribution in [3.05, 3.63) is 56.1 Å². The van der Waals surface area contributed by atoms with E-state index >= 15 is 0 Å². The first kappa shape index (κ1) is 18.8. The quantitative estimate of drug-likeness (QED) is 0.385. The number of anilines is 1. The number of carbonyl (C=O) groups is 1. The zero-order valence-electron chi connectivity index (χ0n) is 13.3. The van der Waals surface area contributed by atoms with Gasteiger partial charge in [0.15, 0.2) is 0 Å². The Morgan fingerprint density at radius 3 is 2.71 bits per heavy atom. The molecule has 0 aliphatic carbocycles. The monoisotopic (exact) mass is 461 g/mol. The molecule has 0 radical (unpaired) electrons. The lowest BCUT2D eigenvalue weighted by molar-refractivity contribution is 0.140. The summed E-state index contributed by atoms with van der Waals surface area (Å²) in [7, 11) is 1.20. The van der Waals surface area contributed by atoms with Crippen molar-refractivity contribution in [3.8, 4) is 5.75 Å². The number of benzene rings is 2. The van der Waals surface area contributed by atoms with Crippen molar-refractivity contribution < 1.29 is 19.5 Å². The molecule has 5 nitrogen and oxygen atoms in total. The molecule has 128 valence electrons. The fraction of sp³-hybridized carbons (Fsp3) is 0.235. The number of aryl methyl sites for hydroxylation is 1. The van der Waals surface area contributed by atoms with Gasteiger partial charge in [0.2, 0.25) is 0 Å². The van der Waals surface area contributed by atoms with Gasteiger partial charge < -0.3 is 9.47 Å². The van der Waals surface area contributed by atoms with Crippen LogP contribution in [0.2, 0.25) is 5.02 Å². The van der Waals surface area contributed by atoms with E-state index in [1.807, 2.05) is 31.2 Å². The SMILES string of the molecule is CCc1ccc(OCc2c(I)cccc2N(O)C(=O)OC)c(Cl)c1. The number of hydrogen-bond donors (Lipinski definition) is 1. The summed E-state index contributed by atoms with van der Waals surface area (Å²) < 4.78 is 11.2. The van der Waals surface area contributed by atoms with Gasteiger partial charge in [-0.1, -0.05) is 30.7 Å². The Bertz CT molecular complexity index is 739. The summed E-state index contributed by atoms with van der Waals surface area (Å²) in [6.07, 6.45) is 0.0165. The highest BCUT2D eigenvalue weighted by Gasteiger charge is 2.19. The van der Waals surface area contributed by atoms with E-state index in [1.165, 1.54) is 7.11 Å². The minimum Gasteiger partial charge on any atom is -0.487 e. The molecule has 0 unspecified atom stereocenters. The number of hydrogen-bond acceptors (Lipinski definition) is 4. The molecule has 1 N–H and O–H groups in total. The molecule has 0 aliphatic rings. The number of carbonyl (C=O) groups excluding carboxylic acids is 1. The van der Waals surface area contributed by atoms with Crippen LogP contribution in [0, 0.1) is 3.57 Å². The van der Waals surface area contributed by atoms with Gasteiger partial charge >= 0.3 is 6.09 Å². The molecular formula is C17H17ClINO4. The number of rotatable bonds is 5. The lowest BCUT2D eigenvalue weighted by Crippen LogP contribution is -2.28. The lowest BCUT2D eigenvalue weighted by Gasteiger charge is -2.19. The van der Waals surface area contributed by atoms with Crippen LogP contribution in [0.3, 0.4) is 0 Å². The second-order valence-electron chi connectivity index (χ2n) is 4.93. The Morgan fingerprint density at radius 2 is 2.08 bits per heavy atom. The van der Waals surface area contributed by atoms with Gasteiger partial charge in [-0.25, -0.2) is 4.79 Å². The van der Waals surface area contributed by atoms with Crippen molar-refractivity contribution in [2.24, 2.45) is 0 Å². The zero-order chi connectivity index (χ0) is 17.7. The second kappa shape index (κ2) is 8.55. The van der Waals surface area contributed by atoms with Gasteiger partial charge in [0.1, 0.15) is 12.4 Å². The van der Waals surface area contributed by atoms with Crippen LogP contribution >= 0.6 is 34.2 Å². The van der Waals surface area contributed by atoms with E-state index in [0.29, 0.717) is 27.1 Å². The maximum Gasteiger partial charge on any atom is 0.438 e. The van der Waals surface area contributed by atoms with Crippen LogP contribution < -0.4 is 9.80 Å². The second-order valence-corrected chi connectivity index (χ2v) is 6.50. The Balaban J connectivity index is 2.25. The molecule has 7 heteroatoms. The average molecular weight is 462 g/mol. The van der Waals surface area contributed by atoms with E-state index in [-0.39, 0.29) is 6.61 Å². The number of amides is 1. The molecule has 2 aromatic carbocycles. The molecule has 0 aliphatic heterocycles. The third-order valence-electron chi connectivity index (χ3n) is 3.45. The summed E-state index contributed by atoms with van der Waals surface area (Å²) in [5.41, 5.74) is 2.08. The molecule has 0 saturated carbocycles. The van der Waals surface area contributed by atoms with Crippen LogP contribution in [0.1, 0.15) is 18.1 Å². The molecule has 0 atom stereocenters. The highest BCUT2D eigenvalue weighted by atomic mass is 127. The highest BCUT2D eigenvalue weighted by molar-refractivity contribution is 14.1. The van der Waals surface area contributed by atoms with E-state index in [1.54, 1.807) is 12.1 Å². The predicted octanol–water partition coefficient (Wildman–Crippen LogP) is 5.05. The minimum absolute atomic E-state index is 0.147. The Hall–Kier alpha value is -1.51. The van der Waals surface area contributed by atoms with Crippen molar-refractivity contribution in [1.82, 2.24) is 0 Å². The molecule has 0 heterocycles. The molecule has 0 fully saturated rings. The van der Waals surface area contributed by atoms with Gasteiger partial charge in [-0.15, -0.1) is 0 Å². The largest absolute Gasteiger partial charge is 0.487 e. The fourth-order valence-electron chi connectivity index (χ4n) is 2.10. The molecule has 0 aromatic heterocycles.